The van der Waals surface area contributed by atoms with Gasteiger partial charge in [0.25, 0.3) is 0 Å². The first-order chi connectivity index (χ1) is 7.69. The summed E-state index contributed by atoms with van der Waals surface area (Å²) in [6, 6.07) is 6.13. The number of hydrogen-bond donors (Lipinski definition) is 1. The summed E-state index contributed by atoms with van der Waals surface area (Å²) in [5, 5.41) is 0. The number of hydrogen-bond acceptors (Lipinski definition) is 2. The molecule has 1 atom stereocenters. The fourth-order valence-corrected chi connectivity index (χ4v) is 3.88. The Labute approximate surface area is 104 Å². The van der Waals surface area contributed by atoms with Gasteiger partial charge in [-0.05, 0) is 42.5 Å². The number of fused-ring (bicyclic) bond motifs is 1. The Hall–Kier alpha value is -1.09. The van der Waals surface area contributed by atoms with Gasteiger partial charge >= 0.3 is 0 Å². The van der Waals surface area contributed by atoms with E-state index >= 15 is 0 Å². The first-order valence-electron chi connectivity index (χ1n) is 5.81. The molecular formula is C14H19NOS. The molecule has 17 heavy (non-hydrogen) atoms. The van der Waals surface area contributed by atoms with E-state index in [2.05, 4.69) is 26.5 Å². The van der Waals surface area contributed by atoms with Crippen molar-refractivity contribution < 1.29 is 4.21 Å². The lowest BCUT2D eigenvalue weighted by Gasteiger charge is -2.20. The van der Waals surface area contributed by atoms with Gasteiger partial charge in [0.1, 0.15) is 0 Å². The minimum atomic E-state index is -2.80. The lowest BCUT2D eigenvalue weighted by molar-refractivity contribution is 0.645. The van der Waals surface area contributed by atoms with E-state index in [-0.39, 0.29) is 0 Å². The Balaban J connectivity index is 2.74. The first-order valence-corrected chi connectivity index (χ1v) is 7.37. The quantitative estimate of drug-likeness (QED) is 0.800. The molecule has 1 aliphatic rings. The maximum absolute atomic E-state index is 12.5. The minimum absolute atomic E-state index is 0.429. The van der Waals surface area contributed by atoms with Crippen molar-refractivity contribution >= 4 is 14.6 Å². The van der Waals surface area contributed by atoms with E-state index in [1.54, 1.807) is 0 Å². The second-order valence-electron chi connectivity index (χ2n) is 5.45. The van der Waals surface area contributed by atoms with E-state index < -0.39 is 14.5 Å². The molecule has 1 aliphatic heterocycles. The zero-order valence-corrected chi connectivity index (χ0v) is 11.6. The average Bonchev–Trinajstić information content (AvgIpc) is 2.38. The molecule has 0 aromatic heterocycles. The SMILES string of the molecule is C=C1c2cc(C(C)C)ccc2C(C)(C)S1(=N)=O. The highest BCUT2D eigenvalue weighted by molar-refractivity contribution is 8.02. The van der Waals surface area contributed by atoms with Gasteiger partial charge in [-0.1, -0.05) is 32.6 Å². The van der Waals surface area contributed by atoms with Crippen molar-refractivity contribution in [3.8, 4) is 0 Å². The van der Waals surface area contributed by atoms with Crippen LogP contribution in [0.15, 0.2) is 24.8 Å². The maximum atomic E-state index is 12.5. The van der Waals surface area contributed by atoms with Gasteiger partial charge in [-0.25, -0.2) is 8.99 Å². The van der Waals surface area contributed by atoms with Crippen LogP contribution < -0.4 is 0 Å². The van der Waals surface area contributed by atoms with Crippen LogP contribution in [-0.2, 0) is 14.5 Å². The third-order valence-corrected chi connectivity index (χ3v) is 6.30. The topological polar surface area (TPSA) is 40.9 Å². The Morgan fingerprint density at radius 3 is 2.47 bits per heavy atom. The Kier molecular flexibility index (Phi) is 2.51. The van der Waals surface area contributed by atoms with Crippen molar-refractivity contribution in [1.82, 2.24) is 0 Å². The van der Waals surface area contributed by atoms with Gasteiger partial charge in [0.2, 0.25) is 0 Å². The van der Waals surface area contributed by atoms with E-state index in [1.165, 1.54) is 5.56 Å². The van der Waals surface area contributed by atoms with Gasteiger partial charge in [0, 0.05) is 4.91 Å². The molecular weight excluding hydrogens is 230 g/mol. The fraction of sp³-hybridized carbons (Fsp3) is 0.429. The highest BCUT2D eigenvalue weighted by Crippen LogP contribution is 2.48. The number of benzene rings is 1. The second-order valence-corrected chi connectivity index (χ2v) is 8.08. The van der Waals surface area contributed by atoms with Crippen LogP contribution in [0.1, 0.15) is 50.3 Å². The Morgan fingerprint density at radius 1 is 1.35 bits per heavy atom. The molecule has 2 rings (SSSR count). The molecule has 0 saturated heterocycles. The largest absolute Gasteiger partial charge is 0.248 e. The first kappa shape index (κ1) is 12.4. The molecule has 0 amide bonds. The maximum Gasteiger partial charge on any atom is 0.0821 e. The third-order valence-electron chi connectivity index (χ3n) is 3.72. The van der Waals surface area contributed by atoms with Crippen LogP contribution in [-0.4, -0.2) is 4.21 Å². The number of rotatable bonds is 1. The molecule has 3 heteroatoms. The summed E-state index contributed by atoms with van der Waals surface area (Å²) in [4.78, 5) is 0.486. The predicted octanol–water partition coefficient (Wildman–Crippen LogP) is 4.08. The molecule has 1 N–H and O–H groups in total. The number of nitrogens with one attached hydrogen (secondary N) is 1. The predicted molar refractivity (Wildman–Crippen MR) is 73.5 cm³/mol. The molecule has 1 heterocycles. The van der Waals surface area contributed by atoms with Gasteiger partial charge in [0.15, 0.2) is 0 Å². The summed E-state index contributed by atoms with van der Waals surface area (Å²) in [5.74, 6) is 0.429. The summed E-state index contributed by atoms with van der Waals surface area (Å²) >= 11 is 0. The molecule has 2 nitrogen and oxygen atoms in total. The molecule has 0 fully saturated rings. The Bertz CT molecular complexity index is 595. The van der Waals surface area contributed by atoms with Crippen molar-refractivity contribution in [1.29, 1.82) is 4.78 Å². The van der Waals surface area contributed by atoms with E-state index in [9.17, 15) is 4.21 Å². The zero-order chi connectivity index (χ0) is 13.0. The van der Waals surface area contributed by atoms with Gasteiger partial charge in [-0.2, -0.15) is 0 Å². The third kappa shape index (κ3) is 1.48. The lowest BCUT2D eigenvalue weighted by atomic mass is 9.92. The van der Waals surface area contributed by atoms with Crippen LogP contribution in [0.4, 0.5) is 0 Å². The van der Waals surface area contributed by atoms with Crippen LogP contribution in [0.25, 0.3) is 4.91 Å². The highest BCUT2D eigenvalue weighted by Gasteiger charge is 2.43. The van der Waals surface area contributed by atoms with Crippen molar-refractivity contribution in [2.24, 2.45) is 0 Å². The summed E-state index contributed by atoms with van der Waals surface area (Å²) < 4.78 is 19.9. The summed E-state index contributed by atoms with van der Waals surface area (Å²) in [5.41, 5.74) is 3.12. The molecule has 1 aromatic carbocycles. The second kappa shape index (κ2) is 3.45. The van der Waals surface area contributed by atoms with Crippen LogP contribution in [0.2, 0.25) is 0 Å². The van der Waals surface area contributed by atoms with E-state index in [4.69, 9.17) is 4.78 Å². The smallest absolute Gasteiger partial charge is 0.0821 e. The van der Waals surface area contributed by atoms with Crippen molar-refractivity contribution in [2.45, 2.75) is 38.4 Å². The molecule has 0 spiro atoms. The van der Waals surface area contributed by atoms with E-state index in [0.717, 1.165) is 11.1 Å². The standard InChI is InChI=1S/C14H19NOS/c1-9(2)11-6-7-13-12(8-11)10(3)17(15,16)14(13,4)5/h6-9,15H,3H2,1-2,4-5H3. The monoisotopic (exact) mass is 249 g/mol. The van der Waals surface area contributed by atoms with Gasteiger partial charge in [-0.15, -0.1) is 0 Å². The molecule has 1 unspecified atom stereocenters. The van der Waals surface area contributed by atoms with Gasteiger partial charge in [-0.3, -0.25) is 0 Å². The fourth-order valence-electron chi connectivity index (χ4n) is 2.29. The normalized spacial score (nSPS) is 26.3. The molecule has 0 bridgehead atoms. The zero-order valence-electron chi connectivity index (χ0n) is 10.8. The van der Waals surface area contributed by atoms with E-state index in [1.807, 2.05) is 26.0 Å². The van der Waals surface area contributed by atoms with Gasteiger partial charge in [0.05, 0.1) is 14.5 Å². The van der Waals surface area contributed by atoms with Crippen LogP contribution in [0.3, 0.4) is 0 Å². The van der Waals surface area contributed by atoms with Crippen molar-refractivity contribution in [3.63, 3.8) is 0 Å². The molecule has 92 valence electrons. The van der Waals surface area contributed by atoms with Gasteiger partial charge < -0.3 is 0 Å². The van der Waals surface area contributed by atoms with Crippen molar-refractivity contribution in [3.05, 3.63) is 41.5 Å². The van der Waals surface area contributed by atoms with Crippen LogP contribution in [0.5, 0.6) is 0 Å². The molecule has 0 aliphatic carbocycles. The van der Waals surface area contributed by atoms with E-state index in [0.29, 0.717) is 10.8 Å². The molecule has 0 radical (unpaired) electrons. The Morgan fingerprint density at radius 2 is 1.94 bits per heavy atom. The summed E-state index contributed by atoms with van der Waals surface area (Å²) in [7, 11) is -2.80. The molecule has 1 aromatic rings. The summed E-state index contributed by atoms with van der Waals surface area (Å²) in [6.07, 6.45) is 0. The average molecular weight is 249 g/mol. The minimum Gasteiger partial charge on any atom is -0.248 e. The molecule has 0 saturated carbocycles. The highest BCUT2D eigenvalue weighted by atomic mass is 32.2. The van der Waals surface area contributed by atoms with Crippen LogP contribution >= 0.6 is 0 Å². The van der Waals surface area contributed by atoms with Crippen molar-refractivity contribution in [2.75, 3.05) is 0 Å². The van der Waals surface area contributed by atoms with Crippen LogP contribution in [0, 0.1) is 4.78 Å². The lowest BCUT2D eigenvalue weighted by Crippen LogP contribution is -2.22. The summed E-state index contributed by atoms with van der Waals surface area (Å²) in [6.45, 7) is 11.9.